The van der Waals surface area contributed by atoms with Gasteiger partial charge in [-0.3, -0.25) is 9.59 Å². The SMILES string of the molecule is O=C(CCNC(=O)C1CCN(S(=O)(=O)c2cccc3nsnc23)CC1)NC1CCCC1. The van der Waals surface area contributed by atoms with Crippen LogP contribution in [0.1, 0.15) is 44.9 Å². The highest BCUT2D eigenvalue weighted by molar-refractivity contribution is 7.89. The first kappa shape index (κ1) is 22.1. The maximum atomic E-state index is 13.1. The van der Waals surface area contributed by atoms with Crippen LogP contribution >= 0.6 is 11.7 Å². The summed E-state index contributed by atoms with van der Waals surface area (Å²) in [6.07, 6.45) is 5.55. The molecular formula is C20H27N5O4S2. The van der Waals surface area contributed by atoms with Gasteiger partial charge in [0.2, 0.25) is 21.8 Å². The second-order valence-electron chi connectivity index (χ2n) is 8.16. The molecule has 31 heavy (non-hydrogen) atoms. The van der Waals surface area contributed by atoms with E-state index < -0.39 is 10.0 Å². The number of carbonyl (C=O) groups is 2. The molecular weight excluding hydrogens is 438 g/mol. The van der Waals surface area contributed by atoms with Gasteiger partial charge in [0.05, 0.1) is 11.7 Å². The summed E-state index contributed by atoms with van der Waals surface area (Å²) in [5.74, 6) is -0.392. The van der Waals surface area contributed by atoms with Gasteiger partial charge in [-0.15, -0.1) is 0 Å². The molecule has 1 saturated heterocycles. The number of fused-ring (bicyclic) bond motifs is 1. The number of carbonyl (C=O) groups excluding carboxylic acids is 2. The third-order valence-corrected chi connectivity index (χ3v) is 8.54. The van der Waals surface area contributed by atoms with Crippen molar-refractivity contribution in [2.75, 3.05) is 19.6 Å². The van der Waals surface area contributed by atoms with Crippen molar-refractivity contribution in [1.82, 2.24) is 23.7 Å². The first-order valence-corrected chi connectivity index (χ1v) is 12.9. The van der Waals surface area contributed by atoms with Gasteiger partial charge in [-0.25, -0.2) is 8.42 Å². The molecule has 1 aliphatic heterocycles. The fourth-order valence-electron chi connectivity index (χ4n) is 4.30. The van der Waals surface area contributed by atoms with Gasteiger partial charge in [-0.05, 0) is 37.8 Å². The number of rotatable bonds is 7. The molecule has 2 fully saturated rings. The Morgan fingerprint density at radius 1 is 1.10 bits per heavy atom. The molecule has 2 aromatic rings. The summed E-state index contributed by atoms with van der Waals surface area (Å²) in [5, 5.41) is 5.84. The summed E-state index contributed by atoms with van der Waals surface area (Å²) in [5.41, 5.74) is 0.959. The van der Waals surface area contributed by atoms with Crippen molar-refractivity contribution >= 4 is 44.6 Å². The summed E-state index contributed by atoms with van der Waals surface area (Å²) >= 11 is 0.988. The third-order valence-electron chi connectivity index (χ3n) is 6.06. The fourth-order valence-corrected chi connectivity index (χ4v) is 6.52. The Balaban J connectivity index is 1.25. The number of hydrogen-bond donors (Lipinski definition) is 2. The average molecular weight is 466 g/mol. The third kappa shape index (κ3) is 5.04. The van der Waals surface area contributed by atoms with Crippen molar-refractivity contribution in [3.05, 3.63) is 18.2 Å². The second kappa shape index (κ2) is 9.58. The molecule has 0 atom stereocenters. The van der Waals surface area contributed by atoms with E-state index in [4.69, 9.17) is 0 Å². The van der Waals surface area contributed by atoms with Gasteiger partial charge < -0.3 is 10.6 Å². The molecule has 4 rings (SSSR count). The quantitative estimate of drug-likeness (QED) is 0.641. The molecule has 9 nitrogen and oxygen atoms in total. The Labute approximate surface area is 186 Å². The number of nitrogens with one attached hydrogen (secondary N) is 2. The molecule has 2 heterocycles. The van der Waals surface area contributed by atoms with E-state index in [2.05, 4.69) is 19.4 Å². The molecule has 1 saturated carbocycles. The number of hydrogen-bond acceptors (Lipinski definition) is 7. The predicted octanol–water partition coefficient (Wildman–Crippen LogP) is 1.66. The van der Waals surface area contributed by atoms with Crippen LogP contribution in [0.25, 0.3) is 11.0 Å². The van der Waals surface area contributed by atoms with Gasteiger partial charge >= 0.3 is 0 Å². The molecule has 2 N–H and O–H groups in total. The van der Waals surface area contributed by atoms with E-state index in [0.717, 1.165) is 37.4 Å². The van der Waals surface area contributed by atoms with E-state index in [1.54, 1.807) is 18.2 Å². The number of amides is 2. The van der Waals surface area contributed by atoms with Crippen LogP contribution in [0.4, 0.5) is 0 Å². The van der Waals surface area contributed by atoms with Gasteiger partial charge in [0, 0.05) is 38.0 Å². The van der Waals surface area contributed by atoms with Crippen molar-refractivity contribution in [2.45, 2.75) is 55.9 Å². The summed E-state index contributed by atoms with van der Waals surface area (Å²) < 4.78 is 35.8. The lowest BCUT2D eigenvalue weighted by molar-refractivity contribution is -0.126. The number of nitrogens with zero attached hydrogens (tertiary/aromatic N) is 3. The van der Waals surface area contributed by atoms with Crippen molar-refractivity contribution < 1.29 is 18.0 Å². The van der Waals surface area contributed by atoms with Crippen molar-refractivity contribution in [1.29, 1.82) is 0 Å². The van der Waals surface area contributed by atoms with Crippen LogP contribution in [0.2, 0.25) is 0 Å². The lowest BCUT2D eigenvalue weighted by atomic mass is 9.97. The zero-order valence-electron chi connectivity index (χ0n) is 17.2. The average Bonchev–Trinajstić information content (AvgIpc) is 3.45. The minimum Gasteiger partial charge on any atom is -0.355 e. The van der Waals surface area contributed by atoms with Crippen LogP contribution in [0, 0.1) is 5.92 Å². The maximum absolute atomic E-state index is 13.1. The van der Waals surface area contributed by atoms with Gasteiger partial charge in [0.15, 0.2) is 0 Å². The minimum absolute atomic E-state index is 0.0289. The number of piperidine rings is 1. The summed E-state index contributed by atoms with van der Waals surface area (Å²) in [4.78, 5) is 24.6. The number of aromatic nitrogens is 2. The molecule has 0 bridgehead atoms. The van der Waals surface area contributed by atoms with E-state index >= 15 is 0 Å². The molecule has 0 unspecified atom stereocenters. The highest BCUT2D eigenvalue weighted by Gasteiger charge is 2.33. The standard InChI is InChI=1S/C20H27N5O4S2/c26-18(22-15-4-1-2-5-15)8-11-21-20(27)14-9-12-25(13-10-14)31(28,29)17-7-3-6-16-19(17)24-30-23-16/h3,6-7,14-15H,1-2,4-5,8-13H2,(H,21,27)(H,22,26). The van der Waals surface area contributed by atoms with Crippen LogP contribution < -0.4 is 10.6 Å². The normalized spacial score (nSPS) is 19.0. The van der Waals surface area contributed by atoms with E-state index in [-0.39, 0.29) is 48.2 Å². The molecule has 2 aliphatic rings. The van der Waals surface area contributed by atoms with Crippen LogP contribution in [-0.2, 0) is 19.6 Å². The summed E-state index contributed by atoms with van der Waals surface area (Å²) in [7, 11) is -3.69. The molecule has 0 spiro atoms. The van der Waals surface area contributed by atoms with E-state index in [1.165, 1.54) is 4.31 Å². The Kier molecular flexibility index (Phi) is 6.83. The summed E-state index contributed by atoms with van der Waals surface area (Å²) in [6.45, 7) is 0.849. The van der Waals surface area contributed by atoms with Gasteiger partial charge in [-0.2, -0.15) is 13.1 Å². The number of sulfonamides is 1. The molecule has 2 amide bonds. The van der Waals surface area contributed by atoms with Gasteiger partial charge in [0.25, 0.3) is 0 Å². The zero-order chi connectivity index (χ0) is 21.8. The maximum Gasteiger partial charge on any atom is 0.245 e. The van der Waals surface area contributed by atoms with Crippen molar-refractivity contribution in [3.63, 3.8) is 0 Å². The van der Waals surface area contributed by atoms with Crippen molar-refractivity contribution in [3.8, 4) is 0 Å². The van der Waals surface area contributed by atoms with Crippen molar-refractivity contribution in [2.24, 2.45) is 5.92 Å². The Morgan fingerprint density at radius 3 is 2.58 bits per heavy atom. The van der Waals surface area contributed by atoms with Crippen LogP contribution in [0.15, 0.2) is 23.1 Å². The minimum atomic E-state index is -3.69. The Bertz CT molecular complexity index is 1040. The highest BCUT2D eigenvalue weighted by Crippen LogP contribution is 2.28. The van der Waals surface area contributed by atoms with Crippen LogP contribution in [0.3, 0.4) is 0 Å². The topological polar surface area (TPSA) is 121 Å². The largest absolute Gasteiger partial charge is 0.355 e. The van der Waals surface area contributed by atoms with Gasteiger partial charge in [0.1, 0.15) is 15.9 Å². The zero-order valence-corrected chi connectivity index (χ0v) is 18.9. The lowest BCUT2D eigenvalue weighted by Gasteiger charge is -2.30. The molecule has 1 aromatic carbocycles. The molecule has 1 aliphatic carbocycles. The predicted molar refractivity (Wildman–Crippen MR) is 117 cm³/mol. The van der Waals surface area contributed by atoms with Gasteiger partial charge in [-0.1, -0.05) is 18.9 Å². The smallest absolute Gasteiger partial charge is 0.245 e. The van der Waals surface area contributed by atoms with E-state index in [9.17, 15) is 18.0 Å². The first-order valence-electron chi connectivity index (χ1n) is 10.7. The monoisotopic (exact) mass is 465 g/mol. The van der Waals surface area contributed by atoms with E-state index in [0.29, 0.717) is 30.4 Å². The van der Waals surface area contributed by atoms with Crippen LogP contribution in [0.5, 0.6) is 0 Å². The lowest BCUT2D eigenvalue weighted by Crippen LogP contribution is -2.43. The molecule has 11 heteroatoms. The Hall–Kier alpha value is -2.11. The fraction of sp³-hybridized carbons (Fsp3) is 0.600. The first-order chi connectivity index (χ1) is 14.9. The van der Waals surface area contributed by atoms with E-state index in [1.807, 2.05) is 0 Å². The molecule has 0 radical (unpaired) electrons. The Morgan fingerprint density at radius 2 is 1.84 bits per heavy atom. The number of benzene rings is 1. The summed E-state index contributed by atoms with van der Waals surface area (Å²) in [6, 6.07) is 5.23. The molecule has 168 valence electrons. The highest BCUT2D eigenvalue weighted by atomic mass is 32.2. The van der Waals surface area contributed by atoms with Crippen LogP contribution in [-0.4, -0.2) is 59.0 Å². The molecule has 1 aromatic heterocycles. The second-order valence-corrected chi connectivity index (χ2v) is 10.6.